The molecule has 0 saturated carbocycles. The summed E-state index contributed by atoms with van der Waals surface area (Å²) in [6, 6.07) is 13.1. The number of hydrogen-bond donors (Lipinski definition) is 3. The van der Waals surface area contributed by atoms with Crippen LogP contribution < -0.4 is 16.4 Å². The van der Waals surface area contributed by atoms with Gasteiger partial charge in [-0.05, 0) is 29.8 Å². The van der Waals surface area contributed by atoms with Gasteiger partial charge in [-0.25, -0.2) is 4.39 Å². The van der Waals surface area contributed by atoms with E-state index in [1.165, 1.54) is 18.2 Å². The number of carbonyl (C=O) groups excluding carboxylic acids is 2. The van der Waals surface area contributed by atoms with Crippen molar-refractivity contribution >= 4 is 35.1 Å². The van der Waals surface area contributed by atoms with E-state index in [1.807, 2.05) is 30.3 Å². The number of fused-ring (bicyclic) bond motifs is 1. The molecule has 0 radical (unpaired) electrons. The van der Waals surface area contributed by atoms with Gasteiger partial charge in [0, 0.05) is 17.8 Å². The number of ether oxygens (including phenoxy) is 1. The van der Waals surface area contributed by atoms with Crippen molar-refractivity contribution in [1.29, 1.82) is 0 Å². The average molecular weight is 408 g/mol. The van der Waals surface area contributed by atoms with Crippen LogP contribution in [0.25, 0.3) is 0 Å². The lowest BCUT2D eigenvalue weighted by atomic mass is 9.90. The Kier molecular flexibility index (Phi) is 5.21. The number of para-hydroxylation sites is 1. The molecule has 9 nitrogen and oxygen atoms in total. The van der Waals surface area contributed by atoms with Crippen molar-refractivity contribution in [3.05, 3.63) is 65.7 Å². The second-order valence-corrected chi connectivity index (χ2v) is 6.57. The minimum absolute atomic E-state index is 0.0349. The Morgan fingerprint density at radius 2 is 2.00 bits per heavy atom. The molecule has 0 aliphatic carbocycles. The predicted molar refractivity (Wildman–Crippen MR) is 106 cm³/mol. The summed E-state index contributed by atoms with van der Waals surface area (Å²) in [6.07, 6.45) is -0.0996. The Hall–Kier alpha value is -4.08. The van der Waals surface area contributed by atoms with Crippen molar-refractivity contribution in [1.82, 2.24) is 15.0 Å². The molecule has 4 rings (SSSR count). The maximum Gasteiger partial charge on any atom is 0.314 e. The Labute approximate surface area is 170 Å². The van der Waals surface area contributed by atoms with Crippen LogP contribution in [-0.4, -0.2) is 26.8 Å². The molecule has 1 aromatic heterocycles. The Morgan fingerprint density at radius 1 is 1.20 bits per heavy atom. The van der Waals surface area contributed by atoms with Crippen molar-refractivity contribution < 1.29 is 18.7 Å². The molecule has 2 aromatic carbocycles. The second kappa shape index (κ2) is 8.11. The molecular weight excluding hydrogens is 391 g/mol. The van der Waals surface area contributed by atoms with E-state index < -0.39 is 23.6 Å². The fraction of sp³-hybridized carbons (Fsp3) is 0.150. The highest BCUT2D eigenvalue weighted by atomic mass is 19.1. The summed E-state index contributed by atoms with van der Waals surface area (Å²) in [6.45, 7) is -0.260. The van der Waals surface area contributed by atoms with Gasteiger partial charge in [-0.1, -0.05) is 24.3 Å². The summed E-state index contributed by atoms with van der Waals surface area (Å²) in [4.78, 5) is 36.7. The predicted octanol–water partition coefficient (Wildman–Crippen LogP) is 2.51. The lowest BCUT2D eigenvalue weighted by Crippen LogP contribution is -2.28. The Balaban J connectivity index is 1.47. The standard InChI is InChI=1S/C20H17FN6O3/c21-11-6-7-13-14(9-17(28)24-15(13)8-11)18(29)30-10-16-25-19(22)27-20(26-16)23-12-4-2-1-3-5-12/h1-8,14H,9-10H2,(H,24,28)(H3,22,23,25,26,27). The smallest absolute Gasteiger partial charge is 0.314 e. The zero-order valence-corrected chi connectivity index (χ0v) is 15.6. The third kappa shape index (κ3) is 4.32. The van der Waals surface area contributed by atoms with E-state index in [-0.39, 0.29) is 36.4 Å². The van der Waals surface area contributed by atoms with E-state index >= 15 is 0 Å². The lowest BCUT2D eigenvalue weighted by Gasteiger charge is -2.24. The third-order valence-corrected chi connectivity index (χ3v) is 4.41. The van der Waals surface area contributed by atoms with Crippen molar-refractivity contribution in [3.63, 3.8) is 0 Å². The SMILES string of the molecule is Nc1nc(COC(=O)C2CC(=O)Nc3cc(F)ccc32)nc(Nc2ccccc2)n1. The highest BCUT2D eigenvalue weighted by Crippen LogP contribution is 2.33. The number of nitrogens with zero attached hydrogens (tertiary/aromatic N) is 3. The van der Waals surface area contributed by atoms with E-state index in [0.29, 0.717) is 5.56 Å². The first-order valence-corrected chi connectivity index (χ1v) is 9.06. The molecule has 1 aliphatic heterocycles. The van der Waals surface area contributed by atoms with E-state index in [1.54, 1.807) is 0 Å². The second-order valence-electron chi connectivity index (χ2n) is 6.57. The van der Waals surface area contributed by atoms with Gasteiger partial charge in [0.1, 0.15) is 5.82 Å². The van der Waals surface area contributed by atoms with Crippen LogP contribution in [0.5, 0.6) is 0 Å². The van der Waals surface area contributed by atoms with Crippen LogP contribution in [0.4, 0.5) is 27.7 Å². The lowest BCUT2D eigenvalue weighted by molar-refractivity contribution is -0.148. The first kappa shape index (κ1) is 19.2. The van der Waals surface area contributed by atoms with Crippen LogP contribution in [0.2, 0.25) is 0 Å². The molecule has 0 saturated heterocycles. The monoisotopic (exact) mass is 408 g/mol. The zero-order chi connectivity index (χ0) is 21.1. The molecular formula is C20H17FN6O3. The molecule has 0 spiro atoms. The minimum atomic E-state index is -0.851. The number of aromatic nitrogens is 3. The topological polar surface area (TPSA) is 132 Å². The number of halogens is 1. The molecule has 0 fully saturated rings. The van der Waals surface area contributed by atoms with Gasteiger partial charge in [-0.15, -0.1) is 0 Å². The molecule has 3 aromatic rings. The summed E-state index contributed by atoms with van der Waals surface area (Å²) >= 11 is 0. The van der Waals surface area contributed by atoms with Crippen LogP contribution in [0.3, 0.4) is 0 Å². The van der Waals surface area contributed by atoms with Gasteiger partial charge in [0.25, 0.3) is 0 Å². The number of amides is 1. The average Bonchev–Trinajstić information content (AvgIpc) is 2.71. The first-order valence-electron chi connectivity index (χ1n) is 9.06. The highest BCUT2D eigenvalue weighted by molar-refractivity contribution is 5.99. The summed E-state index contributed by atoms with van der Waals surface area (Å²) < 4.78 is 18.8. The minimum Gasteiger partial charge on any atom is -0.457 e. The molecule has 152 valence electrons. The van der Waals surface area contributed by atoms with Crippen LogP contribution in [-0.2, 0) is 20.9 Å². The molecule has 4 N–H and O–H groups in total. The zero-order valence-electron chi connectivity index (χ0n) is 15.6. The van der Waals surface area contributed by atoms with Gasteiger partial charge >= 0.3 is 5.97 Å². The van der Waals surface area contributed by atoms with Crippen LogP contribution in [0.1, 0.15) is 23.7 Å². The van der Waals surface area contributed by atoms with Crippen molar-refractivity contribution in [2.24, 2.45) is 0 Å². The van der Waals surface area contributed by atoms with Gasteiger partial charge < -0.3 is 21.1 Å². The quantitative estimate of drug-likeness (QED) is 0.549. The molecule has 1 unspecified atom stereocenters. The van der Waals surface area contributed by atoms with Crippen LogP contribution in [0.15, 0.2) is 48.5 Å². The van der Waals surface area contributed by atoms with Crippen molar-refractivity contribution in [2.75, 3.05) is 16.4 Å². The maximum absolute atomic E-state index is 13.4. The summed E-state index contributed by atoms with van der Waals surface area (Å²) in [7, 11) is 0. The maximum atomic E-state index is 13.4. The molecule has 1 atom stereocenters. The molecule has 1 aliphatic rings. The largest absolute Gasteiger partial charge is 0.457 e. The van der Waals surface area contributed by atoms with Crippen LogP contribution in [0, 0.1) is 5.82 Å². The van der Waals surface area contributed by atoms with E-state index in [0.717, 1.165) is 5.69 Å². The number of benzene rings is 2. The molecule has 10 heteroatoms. The van der Waals surface area contributed by atoms with Gasteiger partial charge in [-0.3, -0.25) is 9.59 Å². The van der Waals surface area contributed by atoms with Crippen molar-refractivity contribution in [2.45, 2.75) is 18.9 Å². The number of nitrogen functional groups attached to an aromatic ring is 1. The fourth-order valence-corrected chi connectivity index (χ4v) is 3.09. The number of hydrogen-bond acceptors (Lipinski definition) is 8. The molecule has 2 heterocycles. The fourth-order valence-electron chi connectivity index (χ4n) is 3.09. The van der Waals surface area contributed by atoms with Crippen molar-refractivity contribution in [3.8, 4) is 0 Å². The Bertz CT molecular complexity index is 1110. The Morgan fingerprint density at radius 3 is 2.80 bits per heavy atom. The van der Waals surface area contributed by atoms with E-state index in [2.05, 4.69) is 25.6 Å². The normalized spacial score (nSPS) is 15.1. The first-order chi connectivity index (χ1) is 14.5. The summed E-state index contributed by atoms with van der Waals surface area (Å²) in [5.74, 6) is -2.08. The molecule has 30 heavy (non-hydrogen) atoms. The van der Waals surface area contributed by atoms with E-state index in [4.69, 9.17) is 10.5 Å². The third-order valence-electron chi connectivity index (χ3n) is 4.41. The number of esters is 1. The number of carbonyl (C=O) groups is 2. The van der Waals surface area contributed by atoms with Gasteiger partial charge in [0.15, 0.2) is 12.4 Å². The van der Waals surface area contributed by atoms with Gasteiger partial charge in [0.05, 0.1) is 5.92 Å². The highest BCUT2D eigenvalue weighted by Gasteiger charge is 2.32. The molecule has 0 bridgehead atoms. The van der Waals surface area contributed by atoms with Crippen LogP contribution >= 0.6 is 0 Å². The number of rotatable bonds is 5. The van der Waals surface area contributed by atoms with Gasteiger partial charge in [-0.2, -0.15) is 15.0 Å². The summed E-state index contributed by atoms with van der Waals surface area (Å²) in [5.41, 5.74) is 7.22. The van der Waals surface area contributed by atoms with E-state index in [9.17, 15) is 14.0 Å². The molecule has 1 amide bonds. The number of nitrogens with one attached hydrogen (secondary N) is 2. The van der Waals surface area contributed by atoms with Gasteiger partial charge in [0.2, 0.25) is 17.8 Å². The number of anilines is 4. The summed E-state index contributed by atoms with van der Waals surface area (Å²) in [5, 5.41) is 5.54. The number of nitrogens with two attached hydrogens (primary N) is 1.